The number of carbonyl (C=O) groups is 1. The molecule has 0 aliphatic rings. The van der Waals surface area contributed by atoms with Gasteiger partial charge in [-0.3, -0.25) is 4.79 Å². The minimum atomic E-state index is -1.20. The first-order valence-corrected chi connectivity index (χ1v) is 4.60. The zero-order chi connectivity index (χ0) is 12.8. The lowest BCUT2D eigenvalue weighted by Crippen LogP contribution is -2.16. The summed E-state index contributed by atoms with van der Waals surface area (Å²) < 4.78 is 14.3. The Kier molecular flexibility index (Phi) is 6.09. The Bertz CT molecular complexity index is 435. The standard InChI is InChI=1S/C10H11N3O4.H2O/c1-15-7-4-8(16-2)13-9(12-7)6(5-11)10(14)17-3;/h4,6H,1-3H3;1H2. The van der Waals surface area contributed by atoms with Gasteiger partial charge in [0.05, 0.1) is 33.5 Å². The van der Waals surface area contributed by atoms with Crippen LogP contribution >= 0.6 is 0 Å². The lowest BCUT2D eigenvalue weighted by molar-refractivity contribution is -0.141. The van der Waals surface area contributed by atoms with Crippen LogP contribution in [-0.4, -0.2) is 42.7 Å². The number of nitriles is 1. The Morgan fingerprint density at radius 2 is 1.78 bits per heavy atom. The molecule has 2 N–H and O–H groups in total. The van der Waals surface area contributed by atoms with Crippen LogP contribution in [-0.2, 0) is 9.53 Å². The van der Waals surface area contributed by atoms with E-state index in [1.807, 2.05) is 0 Å². The SMILES string of the molecule is COC(=O)C(C#N)c1nc(OC)cc(OC)n1.O. The molecule has 1 unspecified atom stereocenters. The molecule has 1 aromatic rings. The van der Waals surface area contributed by atoms with Crippen LogP contribution in [0.3, 0.4) is 0 Å². The maximum Gasteiger partial charge on any atom is 0.331 e. The van der Waals surface area contributed by atoms with E-state index in [2.05, 4.69) is 14.7 Å². The first kappa shape index (κ1) is 15.6. The number of nitrogens with zero attached hydrogens (tertiary/aromatic N) is 3. The molecule has 0 radical (unpaired) electrons. The second-order valence-electron chi connectivity index (χ2n) is 2.90. The molecule has 0 bridgehead atoms. The highest BCUT2D eigenvalue weighted by Gasteiger charge is 2.25. The molecule has 0 aliphatic carbocycles. The molecule has 0 amide bonds. The van der Waals surface area contributed by atoms with Gasteiger partial charge < -0.3 is 19.7 Å². The third kappa shape index (κ3) is 3.29. The molecule has 0 spiro atoms. The second-order valence-corrected chi connectivity index (χ2v) is 2.90. The van der Waals surface area contributed by atoms with Crippen LogP contribution in [0, 0.1) is 11.3 Å². The van der Waals surface area contributed by atoms with E-state index < -0.39 is 11.9 Å². The quantitative estimate of drug-likeness (QED) is 0.660. The fourth-order valence-corrected chi connectivity index (χ4v) is 1.09. The number of carbonyl (C=O) groups excluding carboxylic acids is 1. The average molecular weight is 255 g/mol. The lowest BCUT2D eigenvalue weighted by Gasteiger charge is -2.08. The van der Waals surface area contributed by atoms with Gasteiger partial charge >= 0.3 is 5.97 Å². The summed E-state index contributed by atoms with van der Waals surface area (Å²) in [6.45, 7) is 0. The first-order chi connectivity index (χ1) is 8.15. The van der Waals surface area contributed by atoms with Gasteiger partial charge in [0.2, 0.25) is 17.7 Å². The normalized spacial score (nSPS) is 10.6. The Hall–Kier alpha value is -2.40. The van der Waals surface area contributed by atoms with Crippen LogP contribution in [0.15, 0.2) is 6.07 Å². The van der Waals surface area contributed by atoms with E-state index in [4.69, 9.17) is 14.7 Å². The van der Waals surface area contributed by atoms with Crippen LogP contribution in [0.1, 0.15) is 11.7 Å². The maximum atomic E-state index is 11.3. The summed E-state index contributed by atoms with van der Waals surface area (Å²) in [6.07, 6.45) is 0. The van der Waals surface area contributed by atoms with Gasteiger partial charge in [-0.05, 0) is 0 Å². The minimum Gasteiger partial charge on any atom is -0.481 e. The fourth-order valence-electron chi connectivity index (χ4n) is 1.09. The number of esters is 1. The first-order valence-electron chi connectivity index (χ1n) is 4.60. The van der Waals surface area contributed by atoms with Crippen molar-refractivity contribution in [2.45, 2.75) is 5.92 Å². The number of rotatable bonds is 4. The summed E-state index contributed by atoms with van der Waals surface area (Å²) in [5.74, 6) is -1.55. The molecule has 0 aromatic carbocycles. The zero-order valence-electron chi connectivity index (χ0n) is 10.1. The Morgan fingerprint density at radius 3 is 2.11 bits per heavy atom. The topological polar surface area (TPSA) is 126 Å². The van der Waals surface area contributed by atoms with Crippen molar-refractivity contribution in [3.8, 4) is 17.8 Å². The number of hydrogen-bond donors (Lipinski definition) is 0. The Labute approximate surface area is 103 Å². The Balaban J connectivity index is 0.00000289. The summed E-state index contributed by atoms with van der Waals surface area (Å²) in [7, 11) is 4.00. The number of ether oxygens (including phenoxy) is 3. The predicted molar refractivity (Wildman–Crippen MR) is 59.1 cm³/mol. The van der Waals surface area contributed by atoms with Crippen LogP contribution in [0.25, 0.3) is 0 Å². The van der Waals surface area contributed by atoms with Gasteiger partial charge in [0.25, 0.3) is 0 Å². The monoisotopic (exact) mass is 255 g/mol. The molecule has 1 rings (SSSR count). The molecule has 1 atom stereocenters. The van der Waals surface area contributed by atoms with E-state index in [0.717, 1.165) is 0 Å². The van der Waals surface area contributed by atoms with Gasteiger partial charge in [0, 0.05) is 0 Å². The minimum absolute atomic E-state index is 0. The van der Waals surface area contributed by atoms with Gasteiger partial charge in [0.1, 0.15) is 0 Å². The summed E-state index contributed by atoms with van der Waals surface area (Å²) in [5.41, 5.74) is 0. The molecule has 18 heavy (non-hydrogen) atoms. The van der Waals surface area contributed by atoms with Crippen molar-refractivity contribution in [2.24, 2.45) is 0 Å². The molecule has 0 saturated carbocycles. The van der Waals surface area contributed by atoms with Crippen LogP contribution in [0.5, 0.6) is 11.8 Å². The molecule has 1 aromatic heterocycles. The number of methoxy groups -OCH3 is 3. The highest BCUT2D eigenvalue weighted by Crippen LogP contribution is 2.20. The van der Waals surface area contributed by atoms with E-state index in [-0.39, 0.29) is 23.1 Å². The second kappa shape index (κ2) is 7.03. The summed E-state index contributed by atoms with van der Waals surface area (Å²) in [6, 6.07) is 3.20. The molecular weight excluding hydrogens is 242 g/mol. The summed E-state index contributed by atoms with van der Waals surface area (Å²) in [4.78, 5) is 19.1. The van der Waals surface area contributed by atoms with E-state index in [1.165, 1.54) is 27.4 Å². The molecule has 8 nitrogen and oxygen atoms in total. The van der Waals surface area contributed by atoms with Gasteiger partial charge in [0.15, 0.2) is 5.82 Å². The number of hydrogen-bond acceptors (Lipinski definition) is 7. The van der Waals surface area contributed by atoms with Crippen molar-refractivity contribution in [2.75, 3.05) is 21.3 Å². The van der Waals surface area contributed by atoms with Crippen molar-refractivity contribution in [1.29, 1.82) is 5.26 Å². The number of aromatic nitrogens is 2. The van der Waals surface area contributed by atoms with Crippen molar-refractivity contribution >= 4 is 5.97 Å². The zero-order valence-corrected chi connectivity index (χ0v) is 10.1. The maximum absolute atomic E-state index is 11.3. The molecule has 0 saturated heterocycles. The molecule has 8 heteroatoms. The van der Waals surface area contributed by atoms with Crippen molar-refractivity contribution < 1.29 is 24.5 Å². The van der Waals surface area contributed by atoms with Crippen molar-refractivity contribution in [1.82, 2.24) is 9.97 Å². The average Bonchev–Trinajstić information content (AvgIpc) is 2.38. The van der Waals surface area contributed by atoms with Gasteiger partial charge in [-0.2, -0.15) is 15.2 Å². The smallest absolute Gasteiger partial charge is 0.331 e. The fraction of sp³-hybridized carbons (Fsp3) is 0.400. The Morgan fingerprint density at radius 1 is 1.28 bits per heavy atom. The lowest BCUT2D eigenvalue weighted by atomic mass is 10.1. The van der Waals surface area contributed by atoms with Crippen molar-refractivity contribution in [3.63, 3.8) is 0 Å². The van der Waals surface area contributed by atoms with E-state index in [0.29, 0.717) is 0 Å². The van der Waals surface area contributed by atoms with Gasteiger partial charge in [-0.15, -0.1) is 0 Å². The van der Waals surface area contributed by atoms with Crippen LogP contribution in [0.4, 0.5) is 0 Å². The molecule has 0 fully saturated rings. The van der Waals surface area contributed by atoms with Crippen LogP contribution in [0.2, 0.25) is 0 Å². The van der Waals surface area contributed by atoms with Crippen LogP contribution < -0.4 is 9.47 Å². The summed E-state index contributed by atoms with van der Waals surface area (Å²) >= 11 is 0. The van der Waals surface area contributed by atoms with E-state index in [9.17, 15) is 4.79 Å². The highest BCUT2D eigenvalue weighted by atomic mass is 16.5. The molecule has 98 valence electrons. The molecule has 0 aliphatic heterocycles. The molecular formula is C10H13N3O5. The molecule has 1 heterocycles. The van der Waals surface area contributed by atoms with Crippen molar-refractivity contribution in [3.05, 3.63) is 11.9 Å². The van der Waals surface area contributed by atoms with E-state index >= 15 is 0 Å². The van der Waals surface area contributed by atoms with Gasteiger partial charge in [-0.25, -0.2) is 0 Å². The van der Waals surface area contributed by atoms with Gasteiger partial charge in [-0.1, -0.05) is 0 Å². The third-order valence-corrected chi connectivity index (χ3v) is 1.94. The van der Waals surface area contributed by atoms with E-state index in [1.54, 1.807) is 6.07 Å². The predicted octanol–water partition coefficient (Wildman–Crippen LogP) is -0.551. The highest BCUT2D eigenvalue weighted by molar-refractivity contribution is 5.80. The summed E-state index contributed by atoms with van der Waals surface area (Å²) in [5, 5.41) is 8.90. The largest absolute Gasteiger partial charge is 0.481 e. The third-order valence-electron chi connectivity index (χ3n) is 1.94.